The van der Waals surface area contributed by atoms with Crippen LogP contribution in [0.4, 0.5) is 0 Å². The maximum Gasteiger partial charge on any atom is 0.246 e. The number of hydrogen-bond donors (Lipinski definition) is 0. The second-order valence-electron chi connectivity index (χ2n) is 4.78. The van der Waals surface area contributed by atoms with Crippen LogP contribution in [0.1, 0.15) is 12.0 Å². The van der Waals surface area contributed by atoms with Gasteiger partial charge in [-0.1, -0.05) is 30.3 Å². The summed E-state index contributed by atoms with van der Waals surface area (Å²) in [6.07, 6.45) is 3.25. The highest BCUT2D eigenvalue weighted by molar-refractivity contribution is 5.92. The highest BCUT2D eigenvalue weighted by atomic mass is 16.2. The van der Waals surface area contributed by atoms with Gasteiger partial charge in [-0.05, 0) is 11.6 Å². The third kappa shape index (κ3) is 4.18. The van der Waals surface area contributed by atoms with Crippen molar-refractivity contribution in [1.29, 1.82) is 5.26 Å². The number of hydrogen-bond acceptors (Lipinski definition) is 3. The zero-order valence-electron chi connectivity index (χ0n) is 11.7. The molecule has 2 amide bonds. The largest absolute Gasteiger partial charge is 0.338 e. The van der Waals surface area contributed by atoms with E-state index in [1.165, 1.54) is 0 Å². The summed E-state index contributed by atoms with van der Waals surface area (Å²) >= 11 is 0. The van der Waals surface area contributed by atoms with Gasteiger partial charge in [0.05, 0.1) is 6.07 Å². The molecule has 2 rings (SSSR count). The molecule has 1 aromatic carbocycles. The fourth-order valence-corrected chi connectivity index (χ4v) is 2.19. The van der Waals surface area contributed by atoms with Gasteiger partial charge in [-0.2, -0.15) is 5.26 Å². The van der Waals surface area contributed by atoms with E-state index >= 15 is 0 Å². The van der Waals surface area contributed by atoms with Crippen LogP contribution in [0.3, 0.4) is 0 Å². The van der Waals surface area contributed by atoms with Gasteiger partial charge in [0, 0.05) is 32.3 Å². The van der Waals surface area contributed by atoms with E-state index in [2.05, 4.69) is 0 Å². The van der Waals surface area contributed by atoms with Crippen molar-refractivity contribution < 1.29 is 9.59 Å². The summed E-state index contributed by atoms with van der Waals surface area (Å²) in [5, 5.41) is 8.51. The Morgan fingerprint density at radius 1 is 1.10 bits per heavy atom. The van der Waals surface area contributed by atoms with E-state index in [0.717, 1.165) is 5.56 Å². The monoisotopic (exact) mass is 283 g/mol. The van der Waals surface area contributed by atoms with Crippen molar-refractivity contribution in [3.63, 3.8) is 0 Å². The number of carbonyl (C=O) groups is 2. The van der Waals surface area contributed by atoms with Gasteiger partial charge in [0.15, 0.2) is 0 Å². The van der Waals surface area contributed by atoms with Crippen LogP contribution in [0.2, 0.25) is 0 Å². The van der Waals surface area contributed by atoms with Gasteiger partial charge >= 0.3 is 0 Å². The van der Waals surface area contributed by atoms with Crippen molar-refractivity contribution in [3.8, 4) is 6.07 Å². The van der Waals surface area contributed by atoms with Gasteiger partial charge in [0.2, 0.25) is 11.8 Å². The summed E-state index contributed by atoms with van der Waals surface area (Å²) in [5.41, 5.74) is 0.980. The van der Waals surface area contributed by atoms with Crippen LogP contribution in [0.25, 0.3) is 6.08 Å². The smallest absolute Gasteiger partial charge is 0.246 e. The van der Waals surface area contributed by atoms with Crippen molar-refractivity contribution in [2.24, 2.45) is 0 Å². The predicted octanol–water partition coefficient (Wildman–Crippen LogP) is 1.28. The van der Waals surface area contributed by atoms with E-state index in [9.17, 15) is 9.59 Å². The molecule has 0 unspecified atom stereocenters. The standard InChI is InChI=1S/C16H17N3O2/c17-9-8-16(21)19-12-10-18(11-13-19)15(20)7-6-14-4-2-1-3-5-14/h1-7H,8,10-13H2/b7-6+. The molecule has 5 nitrogen and oxygen atoms in total. The number of rotatable bonds is 3. The Morgan fingerprint density at radius 2 is 1.71 bits per heavy atom. The van der Waals surface area contributed by atoms with E-state index in [1.807, 2.05) is 36.4 Å². The maximum atomic E-state index is 12.1. The van der Waals surface area contributed by atoms with E-state index in [1.54, 1.807) is 22.0 Å². The second kappa shape index (κ2) is 7.25. The molecule has 1 aliphatic rings. The topological polar surface area (TPSA) is 64.4 Å². The molecule has 0 saturated carbocycles. The number of piperazine rings is 1. The van der Waals surface area contributed by atoms with E-state index in [0.29, 0.717) is 26.2 Å². The average molecular weight is 283 g/mol. The minimum Gasteiger partial charge on any atom is -0.338 e. The van der Waals surface area contributed by atoms with Crippen LogP contribution in [0.15, 0.2) is 36.4 Å². The van der Waals surface area contributed by atoms with Gasteiger partial charge in [-0.3, -0.25) is 9.59 Å². The number of benzene rings is 1. The highest BCUT2D eigenvalue weighted by Crippen LogP contribution is 2.06. The summed E-state index contributed by atoms with van der Waals surface area (Å²) < 4.78 is 0. The summed E-state index contributed by atoms with van der Waals surface area (Å²) in [6, 6.07) is 11.5. The first-order valence-electron chi connectivity index (χ1n) is 6.87. The molecule has 1 heterocycles. The van der Waals surface area contributed by atoms with Gasteiger partial charge in [-0.25, -0.2) is 0 Å². The minimum atomic E-state index is -0.163. The van der Waals surface area contributed by atoms with Crippen molar-refractivity contribution in [3.05, 3.63) is 42.0 Å². The Bertz CT molecular complexity index is 567. The van der Waals surface area contributed by atoms with Crippen LogP contribution in [0, 0.1) is 11.3 Å². The molecule has 1 fully saturated rings. The number of carbonyl (C=O) groups excluding carboxylic acids is 2. The first-order valence-corrected chi connectivity index (χ1v) is 6.87. The van der Waals surface area contributed by atoms with E-state index < -0.39 is 0 Å². The van der Waals surface area contributed by atoms with Crippen molar-refractivity contribution >= 4 is 17.9 Å². The van der Waals surface area contributed by atoms with Gasteiger partial charge in [0.25, 0.3) is 0 Å². The molecule has 0 N–H and O–H groups in total. The van der Waals surface area contributed by atoms with Crippen LogP contribution >= 0.6 is 0 Å². The molecule has 0 aromatic heterocycles. The Balaban J connectivity index is 1.85. The molecule has 5 heteroatoms. The Kier molecular flexibility index (Phi) is 5.10. The Morgan fingerprint density at radius 3 is 2.33 bits per heavy atom. The van der Waals surface area contributed by atoms with Gasteiger partial charge in [-0.15, -0.1) is 0 Å². The number of nitriles is 1. The Hall–Kier alpha value is -2.61. The summed E-state index contributed by atoms with van der Waals surface area (Å²) in [4.78, 5) is 27.0. The summed E-state index contributed by atoms with van der Waals surface area (Å²) in [6.45, 7) is 2.00. The molecule has 21 heavy (non-hydrogen) atoms. The SMILES string of the molecule is N#CCC(=O)N1CCN(C(=O)/C=C/c2ccccc2)CC1. The molecule has 108 valence electrons. The minimum absolute atomic E-state index is 0.0498. The van der Waals surface area contributed by atoms with Crippen LogP contribution in [-0.2, 0) is 9.59 Å². The average Bonchev–Trinajstić information content (AvgIpc) is 2.54. The molecule has 0 spiro atoms. The number of nitrogens with zero attached hydrogens (tertiary/aromatic N) is 3. The molecule has 0 radical (unpaired) electrons. The van der Waals surface area contributed by atoms with Crippen LogP contribution in [0.5, 0.6) is 0 Å². The molecule has 1 aromatic rings. The Labute approximate surface area is 124 Å². The second-order valence-corrected chi connectivity index (χ2v) is 4.78. The molecular formula is C16H17N3O2. The quantitative estimate of drug-likeness (QED) is 0.785. The molecule has 1 aliphatic heterocycles. The van der Waals surface area contributed by atoms with Crippen molar-refractivity contribution in [1.82, 2.24) is 9.80 Å². The lowest BCUT2D eigenvalue weighted by Crippen LogP contribution is -2.50. The van der Waals surface area contributed by atoms with Gasteiger partial charge < -0.3 is 9.80 Å². The first kappa shape index (κ1) is 14.8. The molecular weight excluding hydrogens is 266 g/mol. The fraction of sp³-hybridized carbons (Fsp3) is 0.312. The fourth-order valence-electron chi connectivity index (χ4n) is 2.19. The highest BCUT2D eigenvalue weighted by Gasteiger charge is 2.22. The lowest BCUT2D eigenvalue weighted by atomic mass is 10.2. The molecule has 0 bridgehead atoms. The third-order valence-electron chi connectivity index (χ3n) is 3.39. The normalized spacial score (nSPS) is 15.0. The maximum absolute atomic E-state index is 12.1. The van der Waals surface area contributed by atoms with Crippen LogP contribution < -0.4 is 0 Å². The van der Waals surface area contributed by atoms with Gasteiger partial charge in [0.1, 0.15) is 6.42 Å². The third-order valence-corrected chi connectivity index (χ3v) is 3.39. The van der Waals surface area contributed by atoms with E-state index in [-0.39, 0.29) is 18.2 Å². The van der Waals surface area contributed by atoms with Crippen molar-refractivity contribution in [2.75, 3.05) is 26.2 Å². The zero-order valence-corrected chi connectivity index (χ0v) is 11.7. The lowest BCUT2D eigenvalue weighted by Gasteiger charge is -2.33. The summed E-state index contributed by atoms with van der Waals surface area (Å²) in [5.74, 6) is -0.212. The molecule has 0 atom stereocenters. The molecule has 1 saturated heterocycles. The van der Waals surface area contributed by atoms with Crippen LogP contribution in [-0.4, -0.2) is 47.8 Å². The first-order chi connectivity index (χ1) is 10.2. The molecule has 0 aliphatic carbocycles. The summed E-state index contributed by atoms with van der Waals surface area (Å²) in [7, 11) is 0. The lowest BCUT2D eigenvalue weighted by molar-refractivity contribution is -0.136. The predicted molar refractivity (Wildman–Crippen MR) is 78.9 cm³/mol. The zero-order chi connectivity index (χ0) is 15.1. The number of amides is 2. The van der Waals surface area contributed by atoms with E-state index in [4.69, 9.17) is 5.26 Å². The van der Waals surface area contributed by atoms with Crippen molar-refractivity contribution in [2.45, 2.75) is 6.42 Å².